The Kier molecular flexibility index (Phi) is 8.10. The molecule has 1 saturated heterocycles. The van der Waals surface area contributed by atoms with Crippen LogP contribution in [0.15, 0.2) is 30.3 Å². The van der Waals surface area contributed by atoms with Gasteiger partial charge in [0.25, 0.3) is 0 Å². The van der Waals surface area contributed by atoms with E-state index in [0.717, 1.165) is 5.56 Å². The lowest BCUT2D eigenvalue weighted by molar-refractivity contribution is -0.0640. The average molecular weight is 467 g/mol. The first-order valence-corrected chi connectivity index (χ1v) is 17.6. The van der Waals surface area contributed by atoms with Crippen LogP contribution in [-0.2, 0) is 13.6 Å². The van der Waals surface area contributed by atoms with Crippen molar-refractivity contribution in [2.45, 2.75) is 122 Å². The normalized spacial score (nSPS) is 26.8. The highest BCUT2D eigenvalue weighted by molar-refractivity contribution is 6.74. The molecular weight excluding hydrogens is 420 g/mol. The zero-order valence-corrected chi connectivity index (χ0v) is 23.7. The summed E-state index contributed by atoms with van der Waals surface area (Å²) in [5.41, 5.74) is 1.08. The first-order chi connectivity index (χ1) is 14.0. The molecule has 1 N–H and O–H groups in total. The van der Waals surface area contributed by atoms with Gasteiger partial charge in [-0.3, -0.25) is 0 Å². The lowest BCUT2D eigenvalue weighted by Gasteiger charge is -2.44. The topological polar surface area (TPSA) is 47.9 Å². The lowest BCUT2D eigenvalue weighted by Crippen LogP contribution is -2.54. The maximum absolute atomic E-state index is 10.9. The zero-order chi connectivity index (χ0) is 23.8. The van der Waals surface area contributed by atoms with E-state index < -0.39 is 28.8 Å². The number of aliphatic hydroxyl groups is 1. The standard InChI is InChI=1S/C25H46O4Si2/c1-12-19(26)21-23(29-31(10,11)25(5,6)7)22(28-30(8,9)24(2,3)4)20(27-21)18-16-14-13-15-17-18/h13-17,19-23,26H,12H2,1-11H3/t19-,20-,21+,22-,23-/m1/s1. The molecule has 178 valence electrons. The van der Waals surface area contributed by atoms with Gasteiger partial charge in [0.1, 0.15) is 24.4 Å². The Hall–Kier alpha value is -0.506. The lowest BCUT2D eigenvalue weighted by atomic mass is 9.99. The fourth-order valence-corrected chi connectivity index (χ4v) is 6.03. The van der Waals surface area contributed by atoms with Crippen molar-refractivity contribution in [3.63, 3.8) is 0 Å². The third-order valence-corrected chi connectivity index (χ3v) is 16.6. The summed E-state index contributed by atoms with van der Waals surface area (Å²) in [4.78, 5) is 0. The highest BCUT2D eigenvalue weighted by atomic mass is 28.4. The van der Waals surface area contributed by atoms with Crippen LogP contribution in [-0.4, -0.2) is 46.2 Å². The number of aliphatic hydroxyl groups excluding tert-OH is 1. The van der Waals surface area contributed by atoms with Crippen molar-refractivity contribution in [1.82, 2.24) is 0 Å². The van der Waals surface area contributed by atoms with Crippen LogP contribution in [0.4, 0.5) is 0 Å². The molecule has 0 aliphatic carbocycles. The molecule has 5 atom stereocenters. The van der Waals surface area contributed by atoms with Crippen molar-refractivity contribution in [1.29, 1.82) is 0 Å². The van der Waals surface area contributed by atoms with Crippen LogP contribution >= 0.6 is 0 Å². The van der Waals surface area contributed by atoms with Gasteiger partial charge in [-0.2, -0.15) is 0 Å². The predicted molar refractivity (Wildman–Crippen MR) is 134 cm³/mol. The Bertz CT molecular complexity index is 706. The van der Waals surface area contributed by atoms with Gasteiger partial charge in [-0.15, -0.1) is 0 Å². The minimum Gasteiger partial charge on any atom is -0.408 e. The SMILES string of the molecule is CC[C@@H](O)[C@@H]1O[C@H](c2ccccc2)[C@@H](O[Si](C)(C)C(C)(C)C)[C@@H]1O[Si](C)(C)C(C)(C)C. The van der Waals surface area contributed by atoms with Gasteiger partial charge in [-0.25, -0.2) is 0 Å². The van der Waals surface area contributed by atoms with E-state index in [-0.39, 0.29) is 28.4 Å². The highest BCUT2D eigenvalue weighted by Crippen LogP contribution is 2.47. The smallest absolute Gasteiger partial charge is 0.192 e. The van der Waals surface area contributed by atoms with E-state index in [0.29, 0.717) is 6.42 Å². The Morgan fingerprint density at radius 1 is 0.871 bits per heavy atom. The molecule has 6 heteroatoms. The molecule has 1 heterocycles. The summed E-state index contributed by atoms with van der Waals surface area (Å²) in [6, 6.07) is 10.3. The molecule has 1 aliphatic heterocycles. The van der Waals surface area contributed by atoms with Crippen molar-refractivity contribution >= 4 is 16.6 Å². The summed E-state index contributed by atoms with van der Waals surface area (Å²) in [6.45, 7) is 24.6. The van der Waals surface area contributed by atoms with Gasteiger partial charge in [0.15, 0.2) is 16.6 Å². The Labute approximate surface area is 193 Å². The summed E-state index contributed by atoms with van der Waals surface area (Å²) in [5.74, 6) is 0. The second-order valence-corrected chi connectivity index (χ2v) is 21.6. The van der Waals surface area contributed by atoms with E-state index in [1.165, 1.54) is 0 Å². The van der Waals surface area contributed by atoms with Gasteiger partial charge in [-0.05, 0) is 48.2 Å². The van der Waals surface area contributed by atoms with Crippen LogP contribution in [0.1, 0.15) is 66.6 Å². The largest absolute Gasteiger partial charge is 0.408 e. The highest BCUT2D eigenvalue weighted by Gasteiger charge is 2.55. The molecule has 4 nitrogen and oxygen atoms in total. The number of hydrogen-bond acceptors (Lipinski definition) is 4. The first-order valence-electron chi connectivity index (χ1n) is 11.8. The zero-order valence-electron chi connectivity index (χ0n) is 21.7. The summed E-state index contributed by atoms with van der Waals surface area (Å²) in [5, 5.41) is 11.1. The second-order valence-electron chi connectivity index (χ2n) is 12.1. The maximum atomic E-state index is 10.9. The summed E-state index contributed by atoms with van der Waals surface area (Å²) < 4.78 is 20.6. The molecule has 1 fully saturated rings. The van der Waals surface area contributed by atoms with E-state index in [4.69, 9.17) is 13.6 Å². The molecule has 0 bridgehead atoms. The van der Waals surface area contributed by atoms with Crippen LogP contribution in [0.3, 0.4) is 0 Å². The molecule has 0 spiro atoms. The number of ether oxygens (including phenoxy) is 1. The average Bonchev–Trinajstić information content (AvgIpc) is 2.97. The number of hydrogen-bond donors (Lipinski definition) is 1. The molecule has 0 amide bonds. The van der Waals surface area contributed by atoms with Crippen molar-refractivity contribution < 1.29 is 18.7 Å². The van der Waals surface area contributed by atoms with E-state index in [1.807, 2.05) is 25.1 Å². The van der Waals surface area contributed by atoms with E-state index in [1.54, 1.807) is 0 Å². The van der Waals surface area contributed by atoms with Crippen molar-refractivity contribution in [2.24, 2.45) is 0 Å². The Morgan fingerprint density at radius 3 is 1.74 bits per heavy atom. The predicted octanol–water partition coefficient (Wildman–Crippen LogP) is 6.68. The van der Waals surface area contributed by atoms with E-state index in [2.05, 4.69) is 79.9 Å². The number of benzene rings is 1. The molecule has 2 rings (SSSR count). The monoisotopic (exact) mass is 466 g/mol. The quantitative estimate of drug-likeness (QED) is 0.455. The van der Waals surface area contributed by atoms with Crippen molar-refractivity contribution in [3.8, 4) is 0 Å². The summed E-state index contributed by atoms with van der Waals surface area (Å²) in [6.07, 6.45) is -1.17. The molecule has 0 aromatic heterocycles. The van der Waals surface area contributed by atoms with Gasteiger partial charge in [0.2, 0.25) is 0 Å². The molecule has 0 unspecified atom stereocenters. The minimum atomic E-state index is -2.12. The maximum Gasteiger partial charge on any atom is 0.192 e. The van der Waals surface area contributed by atoms with Crippen LogP contribution in [0.25, 0.3) is 0 Å². The van der Waals surface area contributed by atoms with Crippen LogP contribution in [0.2, 0.25) is 36.3 Å². The molecule has 0 saturated carbocycles. The van der Waals surface area contributed by atoms with Crippen LogP contribution in [0, 0.1) is 0 Å². The third-order valence-electron chi connectivity index (χ3n) is 7.65. The first kappa shape index (κ1) is 26.7. The fourth-order valence-electron chi connectivity index (χ4n) is 3.43. The van der Waals surface area contributed by atoms with E-state index in [9.17, 15) is 5.11 Å². The minimum absolute atomic E-state index is 0.0566. The van der Waals surface area contributed by atoms with Crippen molar-refractivity contribution in [3.05, 3.63) is 35.9 Å². The third kappa shape index (κ3) is 5.90. The molecule has 0 radical (unpaired) electrons. The molecule has 31 heavy (non-hydrogen) atoms. The summed E-state index contributed by atoms with van der Waals surface area (Å²) in [7, 11) is -4.23. The van der Waals surface area contributed by atoms with Crippen LogP contribution < -0.4 is 0 Å². The van der Waals surface area contributed by atoms with Gasteiger partial charge in [0.05, 0.1) is 6.10 Å². The Balaban J connectivity index is 2.55. The number of rotatable bonds is 7. The molecule has 1 aromatic rings. The van der Waals surface area contributed by atoms with Gasteiger partial charge < -0.3 is 18.7 Å². The van der Waals surface area contributed by atoms with Crippen LogP contribution in [0.5, 0.6) is 0 Å². The molecular formula is C25H46O4Si2. The fraction of sp³-hybridized carbons (Fsp3) is 0.760. The van der Waals surface area contributed by atoms with Gasteiger partial charge in [0, 0.05) is 0 Å². The van der Waals surface area contributed by atoms with E-state index >= 15 is 0 Å². The second kappa shape index (κ2) is 9.39. The molecule has 1 aromatic carbocycles. The van der Waals surface area contributed by atoms with Gasteiger partial charge in [-0.1, -0.05) is 78.8 Å². The Morgan fingerprint density at radius 2 is 1.32 bits per heavy atom. The molecule has 1 aliphatic rings. The summed E-state index contributed by atoms with van der Waals surface area (Å²) >= 11 is 0. The van der Waals surface area contributed by atoms with Gasteiger partial charge >= 0.3 is 0 Å². The van der Waals surface area contributed by atoms with Crippen molar-refractivity contribution in [2.75, 3.05) is 0 Å².